The van der Waals surface area contributed by atoms with Crippen molar-refractivity contribution in [3.8, 4) is 0 Å². The van der Waals surface area contributed by atoms with E-state index in [1.165, 1.54) is 6.42 Å². The molecule has 0 spiro atoms. The molecule has 7 nitrogen and oxygen atoms in total. The van der Waals surface area contributed by atoms with Gasteiger partial charge in [-0.15, -0.1) is 0 Å². The van der Waals surface area contributed by atoms with Crippen molar-refractivity contribution in [2.45, 2.75) is 50.7 Å². The van der Waals surface area contributed by atoms with Crippen LogP contribution in [0.5, 0.6) is 0 Å². The minimum atomic E-state index is -0.248. The zero-order valence-corrected chi connectivity index (χ0v) is 15.0. The minimum Gasteiger partial charge on any atom is -0.362 e. The second-order valence-electron chi connectivity index (χ2n) is 7.41. The van der Waals surface area contributed by atoms with E-state index in [2.05, 4.69) is 15.6 Å². The highest BCUT2D eigenvalue weighted by Crippen LogP contribution is 2.39. The SMILES string of the molecule is NC1CC2CCCC(C1)C2NC(=O)COCC(=O)NCc1cccnc1. The number of carbonyl (C=O) groups is 2. The molecule has 0 saturated heterocycles. The van der Waals surface area contributed by atoms with Crippen LogP contribution in [0.15, 0.2) is 24.5 Å². The van der Waals surface area contributed by atoms with Crippen LogP contribution in [0.2, 0.25) is 0 Å². The summed E-state index contributed by atoms with van der Waals surface area (Å²) in [5.74, 6) is 0.554. The zero-order valence-electron chi connectivity index (χ0n) is 15.0. The van der Waals surface area contributed by atoms with Gasteiger partial charge >= 0.3 is 0 Å². The molecule has 0 radical (unpaired) electrons. The number of fused-ring (bicyclic) bond motifs is 2. The summed E-state index contributed by atoms with van der Waals surface area (Å²) in [6.45, 7) is 0.173. The van der Waals surface area contributed by atoms with Gasteiger partial charge in [0.1, 0.15) is 13.2 Å². The standard InChI is InChI=1S/C19H28N4O3/c20-16-7-14-4-1-5-15(8-16)19(14)23-18(25)12-26-11-17(24)22-10-13-3-2-6-21-9-13/h2-3,6,9,14-16,19H,1,4-5,7-8,10-12,20H2,(H,22,24)(H,23,25). The molecule has 1 heterocycles. The Kier molecular flexibility index (Phi) is 6.57. The van der Waals surface area contributed by atoms with E-state index in [4.69, 9.17) is 10.5 Å². The molecular weight excluding hydrogens is 332 g/mol. The van der Waals surface area contributed by atoms with E-state index in [1.54, 1.807) is 12.4 Å². The normalized spacial score (nSPS) is 27.6. The summed E-state index contributed by atoms with van der Waals surface area (Å²) in [5, 5.41) is 5.86. The Morgan fingerprint density at radius 2 is 1.92 bits per heavy atom. The van der Waals surface area contributed by atoms with Crippen molar-refractivity contribution in [1.29, 1.82) is 0 Å². The molecule has 2 saturated carbocycles. The number of nitrogens with one attached hydrogen (secondary N) is 2. The Morgan fingerprint density at radius 1 is 1.19 bits per heavy atom. The summed E-state index contributed by atoms with van der Waals surface area (Å²) < 4.78 is 5.27. The number of nitrogens with zero attached hydrogens (tertiary/aromatic N) is 1. The van der Waals surface area contributed by atoms with E-state index >= 15 is 0 Å². The minimum absolute atomic E-state index is 0.0949. The zero-order chi connectivity index (χ0) is 18.4. The van der Waals surface area contributed by atoms with Gasteiger partial charge in [0.05, 0.1) is 0 Å². The molecule has 2 unspecified atom stereocenters. The first kappa shape index (κ1) is 18.8. The monoisotopic (exact) mass is 360 g/mol. The van der Waals surface area contributed by atoms with Crippen LogP contribution in [0.3, 0.4) is 0 Å². The Hall–Kier alpha value is -1.99. The highest BCUT2D eigenvalue weighted by Gasteiger charge is 2.39. The Balaban J connectivity index is 1.34. The molecule has 26 heavy (non-hydrogen) atoms. The molecule has 2 fully saturated rings. The van der Waals surface area contributed by atoms with Gasteiger partial charge in [0, 0.05) is 31.0 Å². The van der Waals surface area contributed by atoms with E-state index in [-0.39, 0.29) is 37.1 Å². The molecule has 1 aromatic heterocycles. The molecule has 1 aromatic rings. The highest BCUT2D eigenvalue weighted by molar-refractivity contribution is 5.79. The predicted molar refractivity (Wildman–Crippen MR) is 96.9 cm³/mol. The molecule has 7 heteroatoms. The molecule has 2 atom stereocenters. The number of carbonyl (C=O) groups excluding carboxylic acids is 2. The summed E-state index contributed by atoms with van der Waals surface area (Å²) in [6.07, 6.45) is 8.84. The first-order valence-electron chi connectivity index (χ1n) is 9.40. The summed E-state index contributed by atoms with van der Waals surface area (Å²) in [7, 11) is 0. The van der Waals surface area contributed by atoms with E-state index in [1.807, 2.05) is 12.1 Å². The van der Waals surface area contributed by atoms with Gasteiger partial charge in [0.2, 0.25) is 11.8 Å². The quantitative estimate of drug-likeness (QED) is 0.665. The van der Waals surface area contributed by atoms with E-state index < -0.39 is 0 Å². The number of nitrogens with two attached hydrogens (primary N) is 1. The molecule has 2 amide bonds. The molecule has 2 aliphatic carbocycles. The van der Waals surface area contributed by atoms with Crippen LogP contribution in [-0.2, 0) is 20.9 Å². The van der Waals surface area contributed by atoms with Gasteiger partial charge in [0.15, 0.2) is 0 Å². The van der Waals surface area contributed by atoms with Crippen LogP contribution < -0.4 is 16.4 Å². The lowest BCUT2D eigenvalue weighted by atomic mass is 9.67. The third kappa shape index (κ3) is 5.25. The predicted octanol–water partition coefficient (Wildman–Crippen LogP) is 0.737. The molecule has 2 aliphatic rings. The maximum Gasteiger partial charge on any atom is 0.246 e. The van der Waals surface area contributed by atoms with Gasteiger partial charge in [-0.05, 0) is 49.1 Å². The third-order valence-electron chi connectivity index (χ3n) is 5.38. The van der Waals surface area contributed by atoms with Crippen molar-refractivity contribution in [3.63, 3.8) is 0 Å². The van der Waals surface area contributed by atoms with E-state index in [9.17, 15) is 9.59 Å². The van der Waals surface area contributed by atoms with Gasteiger partial charge in [-0.3, -0.25) is 14.6 Å². The topological polar surface area (TPSA) is 106 Å². The van der Waals surface area contributed by atoms with Gasteiger partial charge < -0.3 is 21.1 Å². The number of hydrogen-bond acceptors (Lipinski definition) is 5. The van der Waals surface area contributed by atoms with Crippen LogP contribution in [0.1, 0.15) is 37.7 Å². The maximum absolute atomic E-state index is 12.2. The van der Waals surface area contributed by atoms with Crippen molar-refractivity contribution < 1.29 is 14.3 Å². The van der Waals surface area contributed by atoms with Crippen LogP contribution in [-0.4, -0.2) is 42.1 Å². The highest BCUT2D eigenvalue weighted by atomic mass is 16.5. The summed E-state index contributed by atoms with van der Waals surface area (Å²) in [5.41, 5.74) is 7.03. The van der Waals surface area contributed by atoms with Crippen LogP contribution in [0.4, 0.5) is 0 Å². The van der Waals surface area contributed by atoms with Crippen LogP contribution in [0.25, 0.3) is 0 Å². The smallest absolute Gasteiger partial charge is 0.246 e. The number of aromatic nitrogens is 1. The number of ether oxygens (including phenoxy) is 1. The average molecular weight is 360 g/mol. The van der Waals surface area contributed by atoms with E-state index in [0.29, 0.717) is 18.4 Å². The van der Waals surface area contributed by atoms with Crippen molar-refractivity contribution >= 4 is 11.8 Å². The lowest BCUT2D eigenvalue weighted by Crippen LogP contribution is -2.54. The summed E-state index contributed by atoms with van der Waals surface area (Å²) in [4.78, 5) is 27.9. The Bertz CT molecular complexity index is 596. The summed E-state index contributed by atoms with van der Waals surface area (Å²) >= 11 is 0. The van der Waals surface area contributed by atoms with Crippen molar-refractivity contribution in [1.82, 2.24) is 15.6 Å². The molecule has 0 aliphatic heterocycles. The van der Waals surface area contributed by atoms with Crippen molar-refractivity contribution in [2.24, 2.45) is 17.6 Å². The van der Waals surface area contributed by atoms with E-state index in [0.717, 1.165) is 31.2 Å². The Morgan fingerprint density at radius 3 is 2.62 bits per heavy atom. The first-order chi connectivity index (χ1) is 12.6. The number of rotatable bonds is 7. The second-order valence-corrected chi connectivity index (χ2v) is 7.41. The number of hydrogen-bond donors (Lipinski definition) is 3. The lowest BCUT2D eigenvalue weighted by molar-refractivity contribution is -0.132. The Labute approximate surface area is 154 Å². The molecule has 2 bridgehead atoms. The van der Waals surface area contributed by atoms with Crippen LogP contribution in [0, 0.1) is 11.8 Å². The largest absolute Gasteiger partial charge is 0.362 e. The number of pyridine rings is 1. The van der Waals surface area contributed by atoms with Gasteiger partial charge in [-0.2, -0.15) is 0 Å². The number of amides is 2. The van der Waals surface area contributed by atoms with Gasteiger partial charge in [-0.25, -0.2) is 0 Å². The molecule has 142 valence electrons. The van der Waals surface area contributed by atoms with Crippen molar-refractivity contribution in [2.75, 3.05) is 13.2 Å². The average Bonchev–Trinajstić information content (AvgIpc) is 2.62. The first-order valence-corrected chi connectivity index (χ1v) is 9.40. The third-order valence-corrected chi connectivity index (χ3v) is 5.38. The molecule has 4 N–H and O–H groups in total. The maximum atomic E-state index is 12.2. The fraction of sp³-hybridized carbons (Fsp3) is 0.632. The fourth-order valence-corrected chi connectivity index (χ4v) is 4.24. The second kappa shape index (κ2) is 9.09. The molecular formula is C19H28N4O3. The van der Waals surface area contributed by atoms with Gasteiger partial charge in [-0.1, -0.05) is 12.5 Å². The fourth-order valence-electron chi connectivity index (χ4n) is 4.24. The van der Waals surface area contributed by atoms with Crippen LogP contribution >= 0.6 is 0 Å². The molecule has 3 rings (SSSR count). The van der Waals surface area contributed by atoms with Crippen molar-refractivity contribution in [3.05, 3.63) is 30.1 Å². The summed E-state index contributed by atoms with van der Waals surface area (Å²) in [6, 6.07) is 4.17. The van der Waals surface area contributed by atoms with Gasteiger partial charge in [0.25, 0.3) is 0 Å². The molecule has 0 aromatic carbocycles. The lowest BCUT2D eigenvalue weighted by Gasteiger charge is -2.45.